The molecule has 2 aliphatic rings. The van der Waals surface area contributed by atoms with Crippen LogP contribution in [0.15, 0.2) is 0 Å². The lowest BCUT2D eigenvalue weighted by atomic mass is 9.94. The Bertz CT molecular complexity index is 219. The molecular weight excluding hydrogens is 204 g/mol. The number of rotatable bonds is 2. The average Bonchev–Trinajstić information content (AvgIpc) is 2.72. The maximum absolute atomic E-state index is 10.4. The van der Waals surface area contributed by atoms with E-state index in [1.165, 1.54) is 6.42 Å². The smallest absolute Gasteiger partial charge is 0.0758 e. The van der Waals surface area contributed by atoms with E-state index in [1.807, 2.05) is 0 Å². The molecule has 2 rings (SSSR count). The number of nitrogens with zero attached hydrogens (tertiary/aromatic N) is 2. The zero-order chi connectivity index (χ0) is 11.5. The predicted molar refractivity (Wildman–Crippen MR) is 63.5 cm³/mol. The van der Waals surface area contributed by atoms with Crippen molar-refractivity contribution in [2.24, 2.45) is 5.92 Å². The van der Waals surface area contributed by atoms with E-state index >= 15 is 0 Å². The third-order valence-corrected chi connectivity index (χ3v) is 3.96. The number of aliphatic hydroxyl groups excluding tert-OH is 1. The van der Waals surface area contributed by atoms with Gasteiger partial charge in [0.2, 0.25) is 0 Å². The molecule has 0 amide bonds. The van der Waals surface area contributed by atoms with Crippen LogP contribution in [0.1, 0.15) is 12.8 Å². The maximum atomic E-state index is 10.4. The van der Waals surface area contributed by atoms with E-state index in [1.54, 1.807) is 0 Å². The van der Waals surface area contributed by atoms with Crippen LogP contribution in [-0.2, 0) is 4.74 Å². The number of ether oxygens (including phenoxy) is 1. The summed E-state index contributed by atoms with van der Waals surface area (Å²) in [5, 5.41) is 10.4. The third kappa shape index (κ3) is 2.74. The number of likely N-dealkylation sites (N-methyl/N-ethyl adjacent to an activating group) is 2. The van der Waals surface area contributed by atoms with Crippen molar-refractivity contribution in [3.63, 3.8) is 0 Å². The molecule has 2 fully saturated rings. The van der Waals surface area contributed by atoms with Crippen LogP contribution in [0.3, 0.4) is 0 Å². The summed E-state index contributed by atoms with van der Waals surface area (Å²) in [7, 11) is 4.27. The molecular formula is C12H24N2O2. The minimum atomic E-state index is -0.243. The predicted octanol–water partition coefficient (Wildman–Crippen LogP) is 0.0197. The van der Waals surface area contributed by atoms with E-state index in [9.17, 15) is 5.11 Å². The Morgan fingerprint density at radius 1 is 1.31 bits per heavy atom. The van der Waals surface area contributed by atoms with Crippen molar-refractivity contribution in [1.82, 2.24) is 9.80 Å². The van der Waals surface area contributed by atoms with Gasteiger partial charge in [0.1, 0.15) is 0 Å². The summed E-state index contributed by atoms with van der Waals surface area (Å²) >= 11 is 0. The maximum Gasteiger partial charge on any atom is 0.0758 e. The van der Waals surface area contributed by atoms with E-state index in [4.69, 9.17) is 4.74 Å². The zero-order valence-electron chi connectivity index (χ0n) is 10.4. The van der Waals surface area contributed by atoms with Crippen molar-refractivity contribution < 1.29 is 9.84 Å². The van der Waals surface area contributed by atoms with E-state index in [2.05, 4.69) is 23.9 Å². The Hall–Kier alpha value is -0.160. The highest BCUT2D eigenvalue weighted by Crippen LogP contribution is 2.22. The standard InChI is InChI=1S/C12H24N2O2/c1-13-5-3-6-14(2)11(8-13)12(15)10-4-7-16-9-10/h10-12,15H,3-9H2,1-2H3. The second-order valence-electron chi connectivity index (χ2n) is 5.28. The van der Waals surface area contributed by atoms with E-state index < -0.39 is 0 Å². The van der Waals surface area contributed by atoms with Crippen LogP contribution in [0.5, 0.6) is 0 Å². The molecule has 2 aliphatic heterocycles. The molecule has 0 spiro atoms. The van der Waals surface area contributed by atoms with Gasteiger partial charge in [-0.25, -0.2) is 0 Å². The Kier molecular flexibility index (Phi) is 4.19. The van der Waals surface area contributed by atoms with Crippen LogP contribution >= 0.6 is 0 Å². The Morgan fingerprint density at radius 2 is 2.12 bits per heavy atom. The Morgan fingerprint density at radius 3 is 2.81 bits per heavy atom. The van der Waals surface area contributed by atoms with E-state index in [0.29, 0.717) is 5.92 Å². The molecule has 16 heavy (non-hydrogen) atoms. The SMILES string of the molecule is CN1CCCN(C)C(C(O)C2CCOC2)C1. The summed E-state index contributed by atoms with van der Waals surface area (Å²) in [4.78, 5) is 4.64. The summed E-state index contributed by atoms with van der Waals surface area (Å²) in [6.07, 6.45) is 1.96. The van der Waals surface area contributed by atoms with Gasteiger partial charge in [-0.2, -0.15) is 0 Å². The lowest BCUT2D eigenvalue weighted by Crippen LogP contribution is -2.49. The van der Waals surface area contributed by atoms with Gasteiger partial charge in [-0.1, -0.05) is 0 Å². The van der Waals surface area contributed by atoms with Crippen molar-refractivity contribution in [2.45, 2.75) is 25.0 Å². The summed E-state index contributed by atoms with van der Waals surface area (Å²) in [5.74, 6) is 0.332. The van der Waals surface area contributed by atoms with Gasteiger partial charge >= 0.3 is 0 Å². The van der Waals surface area contributed by atoms with Gasteiger partial charge in [0.25, 0.3) is 0 Å². The van der Waals surface area contributed by atoms with Crippen LogP contribution in [0.2, 0.25) is 0 Å². The summed E-state index contributed by atoms with van der Waals surface area (Å²) < 4.78 is 5.37. The average molecular weight is 228 g/mol. The van der Waals surface area contributed by atoms with E-state index in [-0.39, 0.29) is 12.1 Å². The number of hydrogen-bond acceptors (Lipinski definition) is 4. The molecule has 0 aliphatic carbocycles. The molecule has 0 aromatic carbocycles. The fraction of sp³-hybridized carbons (Fsp3) is 1.00. The molecule has 0 bridgehead atoms. The van der Waals surface area contributed by atoms with Gasteiger partial charge in [-0.3, -0.25) is 4.90 Å². The largest absolute Gasteiger partial charge is 0.391 e. The minimum absolute atomic E-state index is 0.243. The van der Waals surface area contributed by atoms with Crippen molar-refractivity contribution in [3.05, 3.63) is 0 Å². The highest BCUT2D eigenvalue weighted by molar-refractivity contribution is 4.88. The first-order valence-corrected chi connectivity index (χ1v) is 6.33. The second-order valence-corrected chi connectivity index (χ2v) is 5.28. The molecule has 0 aromatic rings. The second kappa shape index (κ2) is 5.45. The molecule has 2 heterocycles. The van der Waals surface area contributed by atoms with Crippen molar-refractivity contribution in [2.75, 3.05) is 46.9 Å². The lowest BCUT2D eigenvalue weighted by molar-refractivity contribution is 0.0123. The van der Waals surface area contributed by atoms with Crippen LogP contribution < -0.4 is 0 Å². The Balaban J connectivity index is 1.98. The molecule has 2 saturated heterocycles. The van der Waals surface area contributed by atoms with Gasteiger partial charge in [0.15, 0.2) is 0 Å². The fourth-order valence-corrected chi connectivity index (χ4v) is 2.81. The summed E-state index contributed by atoms with van der Waals surface area (Å²) in [6, 6.07) is 0.263. The van der Waals surface area contributed by atoms with Crippen molar-refractivity contribution >= 4 is 0 Å². The molecule has 0 saturated carbocycles. The Labute approximate surface area is 98.2 Å². The van der Waals surface area contributed by atoms with Crippen molar-refractivity contribution in [1.29, 1.82) is 0 Å². The highest BCUT2D eigenvalue weighted by atomic mass is 16.5. The summed E-state index contributed by atoms with van der Waals surface area (Å²) in [5.41, 5.74) is 0. The third-order valence-electron chi connectivity index (χ3n) is 3.96. The topological polar surface area (TPSA) is 35.9 Å². The van der Waals surface area contributed by atoms with Gasteiger partial charge in [0, 0.05) is 25.1 Å². The first-order valence-electron chi connectivity index (χ1n) is 6.33. The van der Waals surface area contributed by atoms with Gasteiger partial charge in [-0.05, 0) is 40.0 Å². The molecule has 0 aromatic heterocycles. The molecule has 4 heteroatoms. The molecule has 94 valence electrons. The zero-order valence-corrected chi connectivity index (χ0v) is 10.4. The molecule has 3 unspecified atom stereocenters. The monoisotopic (exact) mass is 228 g/mol. The van der Waals surface area contributed by atoms with E-state index in [0.717, 1.165) is 39.3 Å². The minimum Gasteiger partial charge on any atom is -0.391 e. The number of hydrogen-bond donors (Lipinski definition) is 1. The first-order chi connectivity index (χ1) is 7.68. The molecule has 0 radical (unpaired) electrons. The van der Waals surface area contributed by atoms with Crippen LogP contribution in [0.4, 0.5) is 0 Å². The van der Waals surface area contributed by atoms with Crippen LogP contribution in [-0.4, -0.2) is 74.0 Å². The van der Waals surface area contributed by atoms with Gasteiger partial charge in [-0.15, -0.1) is 0 Å². The highest BCUT2D eigenvalue weighted by Gasteiger charge is 2.34. The fourth-order valence-electron chi connectivity index (χ4n) is 2.81. The quantitative estimate of drug-likeness (QED) is 0.723. The molecule has 3 atom stereocenters. The summed E-state index contributed by atoms with van der Waals surface area (Å²) in [6.45, 7) is 4.73. The van der Waals surface area contributed by atoms with Crippen LogP contribution in [0.25, 0.3) is 0 Å². The van der Waals surface area contributed by atoms with Crippen LogP contribution in [0, 0.1) is 5.92 Å². The van der Waals surface area contributed by atoms with Crippen molar-refractivity contribution in [3.8, 4) is 0 Å². The normalized spacial score (nSPS) is 36.2. The molecule has 1 N–H and O–H groups in total. The lowest BCUT2D eigenvalue weighted by Gasteiger charge is -2.34. The first kappa shape index (κ1) is 12.3. The van der Waals surface area contributed by atoms with Gasteiger partial charge < -0.3 is 14.7 Å². The van der Waals surface area contributed by atoms with Gasteiger partial charge in [0.05, 0.1) is 12.7 Å². The number of aliphatic hydroxyl groups is 1. The molecule has 4 nitrogen and oxygen atoms in total.